The third-order valence-corrected chi connectivity index (χ3v) is 5.48. The molecule has 3 rings (SSSR count). The molecule has 2 aromatic carbocycles. The number of guanidine groups is 1. The zero-order valence-electron chi connectivity index (χ0n) is 17.9. The number of carbonyl (C=O) groups is 1. The first-order valence-electron chi connectivity index (χ1n) is 10.6. The molecule has 0 bridgehead atoms. The quantitative estimate of drug-likeness (QED) is 0.326. The van der Waals surface area contributed by atoms with E-state index in [1.54, 1.807) is 0 Å². The highest BCUT2D eigenvalue weighted by Gasteiger charge is 2.33. The van der Waals surface area contributed by atoms with Gasteiger partial charge in [0, 0.05) is 18.2 Å². The van der Waals surface area contributed by atoms with Crippen LogP contribution in [0.2, 0.25) is 0 Å². The Kier molecular flexibility index (Phi) is 7.86. The van der Waals surface area contributed by atoms with E-state index in [0.717, 1.165) is 30.3 Å². The van der Waals surface area contributed by atoms with Crippen molar-refractivity contribution in [2.45, 2.75) is 56.7 Å². The molecule has 0 spiro atoms. The molecule has 1 aliphatic rings. The first kappa shape index (κ1) is 25.5. The van der Waals surface area contributed by atoms with Gasteiger partial charge < -0.3 is 15.7 Å². The van der Waals surface area contributed by atoms with Gasteiger partial charge in [-0.1, -0.05) is 18.2 Å². The standard InChI is InChI=1S/C23H23F6N3O2/c24-22(25,26)16-7-5-14(6-8-16)20(34)32-21(31-17-9-11-18(33)12-10-17)30-13-15-3-1-2-4-19(15)23(27,28)29/h1-8,17-18,33H,9-13H2,(H2,30,31,32,34)/t17-,18-. The van der Waals surface area contributed by atoms with Crippen molar-refractivity contribution in [1.29, 1.82) is 0 Å². The molecule has 1 fully saturated rings. The van der Waals surface area contributed by atoms with Gasteiger partial charge in [0.15, 0.2) is 5.96 Å². The summed E-state index contributed by atoms with van der Waals surface area (Å²) in [7, 11) is 0. The van der Waals surface area contributed by atoms with Gasteiger partial charge in [0.1, 0.15) is 0 Å². The molecule has 2 aromatic rings. The van der Waals surface area contributed by atoms with E-state index >= 15 is 0 Å². The molecule has 0 radical (unpaired) electrons. The summed E-state index contributed by atoms with van der Waals surface area (Å²) >= 11 is 0. The zero-order chi connectivity index (χ0) is 24.9. The second kappa shape index (κ2) is 10.5. The Morgan fingerprint density at radius 1 is 0.912 bits per heavy atom. The van der Waals surface area contributed by atoms with Crippen LogP contribution in [0, 0.1) is 0 Å². The molecule has 0 aromatic heterocycles. The Bertz CT molecular complexity index is 1010. The molecule has 3 N–H and O–H groups in total. The van der Waals surface area contributed by atoms with Crippen molar-refractivity contribution >= 4 is 11.9 Å². The maximum atomic E-state index is 13.3. The summed E-state index contributed by atoms with van der Waals surface area (Å²) in [6.07, 6.45) is -7.46. The van der Waals surface area contributed by atoms with Crippen molar-refractivity contribution in [1.82, 2.24) is 10.6 Å². The molecule has 5 nitrogen and oxygen atoms in total. The third kappa shape index (κ3) is 6.96. The maximum absolute atomic E-state index is 13.3. The van der Waals surface area contributed by atoms with Crippen molar-refractivity contribution < 1.29 is 36.2 Å². The summed E-state index contributed by atoms with van der Waals surface area (Å²) in [5.74, 6) is -0.952. The number of rotatable bonds is 4. The van der Waals surface area contributed by atoms with E-state index < -0.39 is 35.5 Å². The molecule has 1 saturated carbocycles. The predicted molar refractivity (Wildman–Crippen MR) is 113 cm³/mol. The number of halogens is 6. The van der Waals surface area contributed by atoms with Gasteiger partial charge in [0.05, 0.1) is 17.2 Å². The lowest BCUT2D eigenvalue weighted by Gasteiger charge is -2.27. The van der Waals surface area contributed by atoms with Crippen molar-refractivity contribution in [3.8, 4) is 0 Å². The second-order valence-electron chi connectivity index (χ2n) is 8.00. The van der Waals surface area contributed by atoms with E-state index in [2.05, 4.69) is 15.6 Å². The second-order valence-corrected chi connectivity index (χ2v) is 8.00. The largest absolute Gasteiger partial charge is 0.416 e. The van der Waals surface area contributed by atoms with Gasteiger partial charge in [-0.15, -0.1) is 0 Å². The number of aliphatic hydroxyl groups is 1. The topological polar surface area (TPSA) is 73.7 Å². The molecule has 34 heavy (non-hydrogen) atoms. The smallest absolute Gasteiger partial charge is 0.393 e. The Hall–Kier alpha value is -3.08. The summed E-state index contributed by atoms with van der Waals surface area (Å²) in [4.78, 5) is 16.5. The third-order valence-electron chi connectivity index (χ3n) is 5.48. The number of benzene rings is 2. The Balaban J connectivity index is 1.81. The summed E-state index contributed by atoms with van der Waals surface area (Å²) in [6, 6.07) is 8.25. The van der Waals surface area contributed by atoms with Gasteiger partial charge in [-0.2, -0.15) is 31.3 Å². The van der Waals surface area contributed by atoms with Crippen LogP contribution >= 0.6 is 0 Å². The fourth-order valence-corrected chi connectivity index (χ4v) is 3.63. The van der Waals surface area contributed by atoms with E-state index in [0.29, 0.717) is 25.7 Å². The lowest BCUT2D eigenvalue weighted by molar-refractivity contribution is -0.138. The van der Waals surface area contributed by atoms with Gasteiger partial charge in [-0.3, -0.25) is 4.79 Å². The zero-order valence-corrected chi connectivity index (χ0v) is 17.9. The number of nitrogens with zero attached hydrogens (tertiary/aromatic N) is 1. The number of aliphatic hydroxyl groups excluding tert-OH is 1. The number of alkyl halides is 6. The van der Waals surface area contributed by atoms with Crippen LogP contribution in [0.3, 0.4) is 0 Å². The van der Waals surface area contributed by atoms with Crippen LogP contribution in [0.5, 0.6) is 0 Å². The first-order valence-corrected chi connectivity index (χ1v) is 10.6. The molecular weight excluding hydrogens is 464 g/mol. The maximum Gasteiger partial charge on any atom is 0.416 e. The number of carbonyl (C=O) groups excluding carboxylic acids is 1. The van der Waals surface area contributed by atoms with E-state index in [4.69, 9.17) is 0 Å². The summed E-state index contributed by atoms with van der Waals surface area (Å²) in [5, 5.41) is 15.4. The molecule has 0 heterocycles. The highest BCUT2D eigenvalue weighted by atomic mass is 19.4. The molecule has 1 amide bonds. The molecule has 0 aliphatic heterocycles. The van der Waals surface area contributed by atoms with Gasteiger partial charge in [0.25, 0.3) is 5.91 Å². The number of nitrogens with one attached hydrogen (secondary N) is 2. The SMILES string of the molecule is O=C(/N=C(/NCc1ccccc1C(F)(F)F)N[C@H]1CC[C@H](O)CC1)c1ccc(C(F)(F)F)cc1. The summed E-state index contributed by atoms with van der Waals surface area (Å²) < 4.78 is 78.2. The Morgan fingerprint density at radius 2 is 1.53 bits per heavy atom. The van der Waals surface area contributed by atoms with E-state index in [1.165, 1.54) is 18.2 Å². The Morgan fingerprint density at radius 3 is 2.12 bits per heavy atom. The molecule has 11 heteroatoms. The van der Waals surface area contributed by atoms with Crippen molar-refractivity contribution in [3.05, 3.63) is 70.8 Å². The van der Waals surface area contributed by atoms with Gasteiger partial charge >= 0.3 is 12.4 Å². The number of hydrogen-bond acceptors (Lipinski definition) is 2. The minimum Gasteiger partial charge on any atom is -0.393 e. The average molecular weight is 487 g/mol. The minimum atomic E-state index is -4.57. The Labute approximate surface area is 191 Å². The normalized spacial score (nSPS) is 19.6. The minimum absolute atomic E-state index is 0.0643. The summed E-state index contributed by atoms with van der Waals surface area (Å²) in [5.41, 5.74) is -1.93. The molecule has 0 unspecified atom stereocenters. The van der Waals surface area contributed by atoms with Crippen molar-refractivity contribution in [2.24, 2.45) is 4.99 Å². The lowest BCUT2D eigenvalue weighted by Crippen LogP contribution is -2.45. The number of amides is 1. The van der Waals surface area contributed by atoms with Crippen molar-refractivity contribution in [3.63, 3.8) is 0 Å². The number of aliphatic imine (C=N–C) groups is 1. The van der Waals surface area contributed by atoms with Crippen LogP contribution in [0.1, 0.15) is 52.7 Å². The molecular formula is C23H23F6N3O2. The number of hydrogen-bond donors (Lipinski definition) is 3. The van der Waals surface area contributed by atoms with Crippen molar-refractivity contribution in [2.75, 3.05) is 0 Å². The average Bonchev–Trinajstić information content (AvgIpc) is 2.78. The van der Waals surface area contributed by atoms with Crippen LogP contribution in [-0.4, -0.2) is 29.1 Å². The predicted octanol–water partition coefficient (Wildman–Crippen LogP) is 4.90. The van der Waals surface area contributed by atoms with Crippen LogP contribution in [0.15, 0.2) is 53.5 Å². The van der Waals surface area contributed by atoms with Gasteiger partial charge in [-0.05, 0) is 61.6 Å². The first-order chi connectivity index (χ1) is 15.9. The van der Waals surface area contributed by atoms with Gasteiger partial charge in [0.2, 0.25) is 0 Å². The highest BCUT2D eigenvalue weighted by molar-refractivity contribution is 6.02. The van der Waals surface area contributed by atoms with E-state index in [-0.39, 0.29) is 29.7 Å². The van der Waals surface area contributed by atoms with Crippen LogP contribution in [0.4, 0.5) is 26.3 Å². The fraction of sp³-hybridized carbons (Fsp3) is 0.391. The van der Waals surface area contributed by atoms with Crippen LogP contribution in [-0.2, 0) is 18.9 Å². The highest BCUT2D eigenvalue weighted by Crippen LogP contribution is 2.32. The van der Waals surface area contributed by atoms with Crippen LogP contribution in [0.25, 0.3) is 0 Å². The fourth-order valence-electron chi connectivity index (χ4n) is 3.63. The van der Waals surface area contributed by atoms with Crippen LogP contribution < -0.4 is 10.6 Å². The van der Waals surface area contributed by atoms with E-state index in [9.17, 15) is 36.2 Å². The lowest BCUT2D eigenvalue weighted by atomic mass is 9.93. The summed E-state index contributed by atoms with van der Waals surface area (Å²) in [6.45, 7) is -0.294. The van der Waals surface area contributed by atoms with Gasteiger partial charge in [-0.25, -0.2) is 0 Å². The van der Waals surface area contributed by atoms with E-state index in [1.807, 2.05) is 0 Å². The monoisotopic (exact) mass is 487 g/mol. The molecule has 0 atom stereocenters. The molecule has 0 saturated heterocycles. The molecule has 1 aliphatic carbocycles. The molecule has 184 valence electrons.